The van der Waals surface area contributed by atoms with Crippen molar-refractivity contribution in [3.8, 4) is 11.5 Å². The quantitative estimate of drug-likeness (QED) is 0.918. The lowest BCUT2D eigenvalue weighted by Crippen LogP contribution is -2.04. The highest BCUT2D eigenvalue weighted by Crippen LogP contribution is 2.17. The van der Waals surface area contributed by atoms with Gasteiger partial charge in [0.05, 0.1) is 6.20 Å². The summed E-state index contributed by atoms with van der Waals surface area (Å²) in [6.07, 6.45) is 2.04. The van der Waals surface area contributed by atoms with E-state index in [0.717, 1.165) is 17.9 Å². The number of hydrogen-bond donors (Lipinski definition) is 1. The summed E-state index contributed by atoms with van der Waals surface area (Å²) in [7, 11) is 1.81. The zero-order chi connectivity index (χ0) is 13.8. The second kappa shape index (κ2) is 5.73. The topological polar surface area (TPSA) is 50.7 Å². The second-order valence-corrected chi connectivity index (χ2v) is 4.78. The summed E-state index contributed by atoms with van der Waals surface area (Å²) in [5.41, 5.74) is 1.53. The summed E-state index contributed by atoms with van der Waals surface area (Å²) < 4.78 is 12.9. The number of hydrogen-bond acceptors (Lipinski definition) is 4. The van der Waals surface area contributed by atoms with Gasteiger partial charge in [0.15, 0.2) is 5.82 Å². The fraction of sp³-hybridized carbons (Fsp3) is 0.357. The maximum atomic E-state index is 12.9. The van der Waals surface area contributed by atoms with Crippen LogP contribution in [0, 0.1) is 11.7 Å². The van der Waals surface area contributed by atoms with E-state index in [-0.39, 0.29) is 5.82 Å². The van der Waals surface area contributed by atoms with Crippen LogP contribution in [0.3, 0.4) is 0 Å². The average Bonchev–Trinajstić information content (AvgIpc) is 2.38. The van der Waals surface area contributed by atoms with E-state index >= 15 is 0 Å². The molecule has 0 atom stereocenters. The van der Waals surface area contributed by atoms with Crippen LogP contribution in [0.15, 0.2) is 24.4 Å². The molecule has 0 aromatic carbocycles. The van der Waals surface area contributed by atoms with Crippen molar-refractivity contribution in [2.45, 2.75) is 20.3 Å². The third-order valence-corrected chi connectivity index (χ3v) is 2.61. The van der Waals surface area contributed by atoms with Crippen LogP contribution in [-0.2, 0) is 6.42 Å². The Kier molecular flexibility index (Phi) is 4.04. The van der Waals surface area contributed by atoms with E-state index in [1.165, 1.54) is 12.3 Å². The predicted molar refractivity (Wildman–Crippen MR) is 73.3 cm³/mol. The van der Waals surface area contributed by atoms with Crippen molar-refractivity contribution in [2.75, 3.05) is 12.4 Å². The zero-order valence-electron chi connectivity index (χ0n) is 11.3. The SMILES string of the molecule is CNc1cc(CC(C)C)nc(-c2ccc(F)cn2)n1. The molecular weight excluding hydrogens is 243 g/mol. The average molecular weight is 260 g/mol. The van der Waals surface area contributed by atoms with Crippen molar-refractivity contribution in [3.63, 3.8) is 0 Å². The number of rotatable bonds is 4. The fourth-order valence-electron chi connectivity index (χ4n) is 1.77. The lowest BCUT2D eigenvalue weighted by Gasteiger charge is -2.09. The van der Waals surface area contributed by atoms with Crippen molar-refractivity contribution < 1.29 is 4.39 Å². The van der Waals surface area contributed by atoms with Crippen LogP contribution >= 0.6 is 0 Å². The van der Waals surface area contributed by atoms with Gasteiger partial charge in [0.1, 0.15) is 17.3 Å². The highest BCUT2D eigenvalue weighted by Gasteiger charge is 2.09. The fourth-order valence-corrected chi connectivity index (χ4v) is 1.77. The molecule has 0 unspecified atom stereocenters. The van der Waals surface area contributed by atoms with E-state index in [9.17, 15) is 4.39 Å². The van der Waals surface area contributed by atoms with Gasteiger partial charge in [-0.15, -0.1) is 0 Å². The van der Waals surface area contributed by atoms with Crippen LogP contribution in [0.4, 0.5) is 10.2 Å². The van der Waals surface area contributed by atoms with Gasteiger partial charge < -0.3 is 5.32 Å². The number of nitrogens with one attached hydrogen (secondary N) is 1. The molecule has 0 radical (unpaired) electrons. The molecule has 5 heteroatoms. The monoisotopic (exact) mass is 260 g/mol. The zero-order valence-corrected chi connectivity index (χ0v) is 11.3. The van der Waals surface area contributed by atoms with Gasteiger partial charge in [-0.3, -0.25) is 0 Å². The first-order chi connectivity index (χ1) is 9.08. The Labute approximate surface area is 112 Å². The van der Waals surface area contributed by atoms with Gasteiger partial charge in [-0.2, -0.15) is 0 Å². The summed E-state index contributed by atoms with van der Waals surface area (Å²) in [6.45, 7) is 4.27. The molecule has 0 amide bonds. The molecule has 0 spiro atoms. The number of nitrogens with zero attached hydrogens (tertiary/aromatic N) is 3. The maximum Gasteiger partial charge on any atom is 0.180 e. The van der Waals surface area contributed by atoms with Gasteiger partial charge in [0, 0.05) is 18.8 Å². The summed E-state index contributed by atoms with van der Waals surface area (Å²) in [5, 5.41) is 3.01. The van der Waals surface area contributed by atoms with Gasteiger partial charge in [0.2, 0.25) is 0 Å². The third-order valence-electron chi connectivity index (χ3n) is 2.61. The highest BCUT2D eigenvalue weighted by molar-refractivity contribution is 5.52. The molecule has 0 aliphatic rings. The molecule has 100 valence electrons. The molecule has 0 fully saturated rings. The van der Waals surface area contributed by atoms with Crippen LogP contribution in [0.5, 0.6) is 0 Å². The summed E-state index contributed by atoms with van der Waals surface area (Å²) in [6, 6.07) is 4.87. The highest BCUT2D eigenvalue weighted by atomic mass is 19.1. The van der Waals surface area contributed by atoms with E-state index in [1.54, 1.807) is 6.07 Å². The maximum absolute atomic E-state index is 12.9. The molecule has 19 heavy (non-hydrogen) atoms. The first kappa shape index (κ1) is 13.4. The van der Waals surface area contributed by atoms with Gasteiger partial charge in [0.25, 0.3) is 0 Å². The van der Waals surface area contributed by atoms with Crippen molar-refractivity contribution in [1.82, 2.24) is 15.0 Å². The first-order valence-corrected chi connectivity index (χ1v) is 6.26. The molecule has 2 aromatic rings. The van der Waals surface area contributed by atoms with E-state index in [0.29, 0.717) is 17.4 Å². The van der Waals surface area contributed by atoms with Crippen LogP contribution in [0.1, 0.15) is 19.5 Å². The first-order valence-electron chi connectivity index (χ1n) is 6.26. The lowest BCUT2D eigenvalue weighted by molar-refractivity contribution is 0.621. The molecule has 0 aliphatic heterocycles. The second-order valence-electron chi connectivity index (χ2n) is 4.78. The minimum absolute atomic E-state index is 0.365. The molecule has 2 rings (SSSR count). The molecule has 2 aromatic heterocycles. The third kappa shape index (κ3) is 3.47. The summed E-state index contributed by atoms with van der Waals surface area (Å²) in [5.74, 6) is 1.40. The largest absolute Gasteiger partial charge is 0.373 e. The normalized spacial score (nSPS) is 10.8. The molecule has 4 nitrogen and oxygen atoms in total. The van der Waals surface area contributed by atoms with Crippen molar-refractivity contribution >= 4 is 5.82 Å². The number of pyridine rings is 1. The van der Waals surface area contributed by atoms with Crippen molar-refractivity contribution in [2.24, 2.45) is 5.92 Å². The van der Waals surface area contributed by atoms with Gasteiger partial charge in [-0.05, 0) is 24.5 Å². The van der Waals surface area contributed by atoms with E-state index in [2.05, 4.69) is 34.1 Å². The predicted octanol–water partition coefficient (Wildman–Crippen LogP) is 2.92. The van der Waals surface area contributed by atoms with Crippen LogP contribution in [-0.4, -0.2) is 22.0 Å². The minimum atomic E-state index is -0.365. The van der Waals surface area contributed by atoms with Gasteiger partial charge in [-0.25, -0.2) is 19.3 Å². The Morgan fingerprint density at radius 3 is 2.63 bits per heavy atom. The number of aromatic nitrogens is 3. The lowest BCUT2D eigenvalue weighted by atomic mass is 10.1. The summed E-state index contributed by atoms with van der Waals surface area (Å²) in [4.78, 5) is 12.9. The Hall–Kier alpha value is -2.04. The van der Waals surface area contributed by atoms with Crippen molar-refractivity contribution in [3.05, 3.63) is 35.9 Å². The van der Waals surface area contributed by atoms with E-state index < -0.39 is 0 Å². The molecule has 0 saturated heterocycles. The Balaban J connectivity index is 2.41. The molecule has 0 bridgehead atoms. The van der Waals surface area contributed by atoms with Gasteiger partial charge >= 0.3 is 0 Å². The van der Waals surface area contributed by atoms with Crippen LogP contribution in [0.25, 0.3) is 11.5 Å². The van der Waals surface area contributed by atoms with Crippen LogP contribution in [0.2, 0.25) is 0 Å². The number of halogens is 1. The van der Waals surface area contributed by atoms with Gasteiger partial charge in [-0.1, -0.05) is 13.8 Å². The molecule has 0 aliphatic carbocycles. The van der Waals surface area contributed by atoms with Crippen molar-refractivity contribution in [1.29, 1.82) is 0 Å². The molecule has 1 N–H and O–H groups in total. The smallest absolute Gasteiger partial charge is 0.180 e. The summed E-state index contributed by atoms with van der Waals surface area (Å²) >= 11 is 0. The van der Waals surface area contributed by atoms with E-state index in [4.69, 9.17) is 0 Å². The number of anilines is 1. The molecular formula is C14H17FN4. The Morgan fingerprint density at radius 2 is 2.05 bits per heavy atom. The van der Waals surface area contributed by atoms with Crippen LogP contribution < -0.4 is 5.32 Å². The molecule has 2 heterocycles. The standard InChI is InChI=1S/C14H17FN4/c1-9(2)6-11-7-13(16-3)19-14(18-11)12-5-4-10(15)8-17-12/h4-5,7-9H,6H2,1-3H3,(H,16,18,19). The van der Waals surface area contributed by atoms with E-state index in [1.807, 2.05) is 13.1 Å². The molecule has 0 saturated carbocycles. The Bertz CT molecular complexity index is 552. The minimum Gasteiger partial charge on any atom is -0.373 e. The Morgan fingerprint density at radius 1 is 1.26 bits per heavy atom.